The van der Waals surface area contributed by atoms with Crippen molar-refractivity contribution in [3.05, 3.63) is 53.2 Å². The third kappa shape index (κ3) is 5.85. The number of alkyl halides is 3. The van der Waals surface area contributed by atoms with Gasteiger partial charge in [-0.25, -0.2) is 4.98 Å². The summed E-state index contributed by atoms with van der Waals surface area (Å²) in [6.45, 7) is 11.1. The van der Waals surface area contributed by atoms with Crippen LogP contribution in [0.5, 0.6) is 0 Å². The lowest BCUT2D eigenvalue weighted by atomic mass is 10.0. The van der Waals surface area contributed by atoms with Gasteiger partial charge in [-0.2, -0.15) is 13.2 Å². The molecule has 0 unspecified atom stereocenters. The zero-order valence-corrected chi connectivity index (χ0v) is 21.7. The summed E-state index contributed by atoms with van der Waals surface area (Å²) in [4.78, 5) is 24.5. The van der Waals surface area contributed by atoms with Crippen LogP contribution in [0.1, 0.15) is 62.8 Å². The Kier molecular flexibility index (Phi) is 7.64. The van der Waals surface area contributed by atoms with E-state index in [0.29, 0.717) is 25.2 Å². The lowest BCUT2D eigenvalue weighted by Crippen LogP contribution is -2.47. The average molecular weight is 503 g/mol. The van der Waals surface area contributed by atoms with E-state index in [1.165, 1.54) is 12.8 Å². The molecule has 2 saturated heterocycles. The van der Waals surface area contributed by atoms with Crippen molar-refractivity contribution in [2.45, 2.75) is 77.6 Å². The van der Waals surface area contributed by atoms with Crippen molar-refractivity contribution >= 4 is 17.4 Å². The number of carbonyl (C=O) groups excluding carboxylic acids is 1. The highest BCUT2D eigenvalue weighted by Gasteiger charge is 2.38. The molecule has 0 saturated carbocycles. The summed E-state index contributed by atoms with van der Waals surface area (Å²) in [5.74, 6) is 0.150. The van der Waals surface area contributed by atoms with Crippen LogP contribution in [0.15, 0.2) is 36.4 Å². The molecule has 2 aliphatic heterocycles. The van der Waals surface area contributed by atoms with Gasteiger partial charge in [0.15, 0.2) is 0 Å². The number of benzene rings is 1. The fraction of sp³-hybridized carbons (Fsp3) is 0.571. The van der Waals surface area contributed by atoms with Gasteiger partial charge >= 0.3 is 6.18 Å². The molecular formula is C28H37F3N4O. The van der Waals surface area contributed by atoms with Gasteiger partial charge in [0.25, 0.3) is 0 Å². The number of hydrogen-bond acceptors (Lipinski definition) is 4. The molecule has 4 rings (SSSR count). The maximum absolute atomic E-state index is 14.0. The van der Waals surface area contributed by atoms with Crippen LogP contribution in [-0.2, 0) is 11.0 Å². The molecule has 0 N–H and O–H groups in total. The van der Waals surface area contributed by atoms with E-state index in [-0.39, 0.29) is 17.3 Å². The predicted molar refractivity (Wildman–Crippen MR) is 137 cm³/mol. The summed E-state index contributed by atoms with van der Waals surface area (Å²) in [5.41, 5.74) is 1.63. The van der Waals surface area contributed by atoms with Crippen LogP contribution in [0.3, 0.4) is 0 Å². The van der Waals surface area contributed by atoms with Crippen LogP contribution >= 0.6 is 0 Å². The molecular weight excluding hydrogens is 465 g/mol. The lowest BCUT2D eigenvalue weighted by molar-refractivity contribution is -0.137. The van der Waals surface area contributed by atoms with Crippen molar-refractivity contribution in [3.63, 3.8) is 0 Å². The van der Waals surface area contributed by atoms with E-state index < -0.39 is 17.8 Å². The highest BCUT2D eigenvalue weighted by molar-refractivity contribution is 5.99. The summed E-state index contributed by atoms with van der Waals surface area (Å²) in [5, 5.41) is 0. The van der Waals surface area contributed by atoms with E-state index in [4.69, 9.17) is 0 Å². The van der Waals surface area contributed by atoms with Crippen LogP contribution in [-0.4, -0.2) is 53.6 Å². The lowest BCUT2D eigenvalue weighted by Gasteiger charge is -2.34. The average Bonchev–Trinajstić information content (AvgIpc) is 3.41. The first kappa shape index (κ1) is 26.5. The Morgan fingerprint density at radius 1 is 1.14 bits per heavy atom. The standard InChI is InChI=1S/C28H37F3N4O/c1-20-9-5-10-23(17-20)34(16-8-14-33-13-7-12-27(33,3)4)26(36)24-11-6-15-35(24)25-19-22(28(29,30)31)18-21(2)32-25/h5,9-10,17-19,24H,6-8,11-16H2,1-4H3/t24-/m0/s1. The summed E-state index contributed by atoms with van der Waals surface area (Å²) in [6, 6.07) is 9.47. The van der Waals surface area contributed by atoms with Crippen LogP contribution in [0.2, 0.25) is 0 Å². The number of halogens is 3. The summed E-state index contributed by atoms with van der Waals surface area (Å²) in [6.07, 6.45) is 0.0611. The number of rotatable bonds is 7. The fourth-order valence-corrected chi connectivity index (χ4v) is 5.60. The van der Waals surface area contributed by atoms with Gasteiger partial charge in [-0.15, -0.1) is 0 Å². The molecule has 3 heterocycles. The minimum atomic E-state index is -4.46. The van der Waals surface area contributed by atoms with Gasteiger partial charge in [-0.05, 0) is 96.2 Å². The Bertz CT molecular complexity index is 1080. The summed E-state index contributed by atoms with van der Waals surface area (Å²) in [7, 11) is 0. The van der Waals surface area contributed by atoms with Crippen LogP contribution in [0, 0.1) is 13.8 Å². The molecule has 2 fully saturated rings. The molecule has 1 atom stereocenters. The number of carbonyl (C=O) groups is 1. The molecule has 2 aliphatic rings. The molecule has 0 radical (unpaired) electrons. The van der Waals surface area contributed by atoms with Crippen molar-refractivity contribution in [1.82, 2.24) is 9.88 Å². The minimum absolute atomic E-state index is 0.0735. The molecule has 8 heteroatoms. The number of aromatic nitrogens is 1. The quantitative estimate of drug-likeness (QED) is 0.467. The normalized spacial score (nSPS) is 20.2. The molecule has 1 aromatic heterocycles. The zero-order valence-electron chi connectivity index (χ0n) is 21.7. The highest BCUT2D eigenvalue weighted by atomic mass is 19.4. The Hall–Kier alpha value is -2.61. The predicted octanol–water partition coefficient (Wildman–Crippen LogP) is 5.98. The van der Waals surface area contributed by atoms with Gasteiger partial charge in [0.05, 0.1) is 5.56 Å². The van der Waals surface area contributed by atoms with Crippen molar-refractivity contribution < 1.29 is 18.0 Å². The molecule has 2 aromatic rings. The molecule has 196 valence electrons. The Labute approximate surface area is 212 Å². The van der Waals surface area contributed by atoms with E-state index in [0.717, 1.165) is 49.3 Å². The first-order valence-electron chi connectivity index (χ1n) is 12.9. The number of aryl methyl sites for hydroxylation is 2. The molecule has 0 bridgehead atoms. The number of nitrogens with zero attached hydrogens (tertiary/aromatic N) is 4. The zero-order chi connectivity index (χ0) is 26.1. The first-order valence-corrected chi connectivity index (χ1v) is 12.9. The van der Waals surface area contributed by atoms with E-state index in [2.05, 4.69) is 23.7 Å². The largest absolute Gasteiger partial charge is 0.416 e. The van der Waals surface area contributed by atoms with Crippen LogP contribution < -0.4 is 9.80 Å². The van der Waals surface area contributed by atoms with Gasteiger partial charge in [-0.1, -0.05) is 12.1 Å². The van der Waals surface area contributed by atoms with Gasteiger partial charge in [0.1, 0.15) is 11.9 Å². The molecule has 0 spiro atoms. The van der Waals surface area contributed by atoms with Gasteiger partial charge in [0, 0.05) is 36.6 Å². The highest BCUT2D eigenvalue weighted by Crippen LogP contribution is 2.34. The smallest absolute Gasteiger partial charge is 0.345 e. The maximum atomic E-state index is 14.0. The van der Waals surface area contributed by atoms with E-state index in [9.17, 15) is 18.0 Å². The Balaban J connectivity index is 1.57. The number of amides is 1. The van der Waals surface area contributed by atoms with Crippen molar-refractivity contribution in [2.24, 2.45) is 0 Å². The van der Waals surface area contributed by atoms with Gasteiger partial charge < -0.3 is 9.80 Å². The van der Waals surface area contributed by atoms with E-state index in [1.807, 2.05) is 36.1 Å². The maximum Gasteiger partial charge on any atom is 0.416 e. The number of hydrogen-bond donors (Lipinski definition) is 0. The number of likely N-dealkylation sites (tertiary alicyclic amines) is 1. The molecule has 1 amide bonds. The van der Waals surface area contributed by atoms with Crippen LogP contribution in [0.4, 0.5) is 24.7 Å². The van der Waals surface area contributed by atoms with Crippen molar-refractivity contribution in [3.8, 4) is 0 Å². The Morgan fingerprint density at radius 2 is 1.92 bits per heavy atom. The topological polar surface area (TPSA) is 39.7 Å². The van der Waals surface area contributed by atoms with Gasteiger partial charge in [-0.3, -0.25) is 9.69 Å². The van der Waals surface area contributed by atoms with E-state index in [1.54, 1.807) is 11.8 Å². The van der Waals surface area contributed by atoms with Crippen molar-refractivity contribution in [2.75, 3.05) is 36.0 Å². The second-order valence-corrected chi connectivity index (χ2v) is 10.8. The second kappa shape index (κ2) is 10.4. The van der Waals surface area contributed by atoms with Crippen LogP contribution in [0.25, 0.3) is 0 Å². The van der Waals surface area contributed by atoms with Crippen molar-refractivity contribution in [1.29, 1.82) is 0 Å². The second-order valence-electron chi connectivity index (χ2n) is 10.8. The molecule has 1 aromatic carbocycles. The monoisotopic (exact) mass is 502 g/mol. The van der Waals surface area contributed by atoms with E-state index >= 15 is 0 Å². The summed E-state index contributed by atoms with van der Waals surface area (Å²) < 4.78 is 40.4. The number of pyridine rings is 1. The number of anilines is 2. The summed E-state index contributed by atoms with van der Waals surface area (Å²) >= 11 is 0. The first-order chi connectivity index (χ1) is 17.0. The molecule has 5 nitrogen and oxygen atoms in total. The Morgan fingerprint density at radius 3 is 2.58 bits per heavy atom. The minimum Gasteiger partial charge on any atom is -0.345 e. The third-order valence-electron chi connectivity index (χ3n) is 7.56. The molecule has 36 heavy (non-hydrogen) atoms. The fourth-order valence-electron chi connectivity index (χ4n) is 5.60. The van der Waals surface area contributed by atoms with Gasteiger partial charge in [0.2, 0.25) is 5.91 Å². The SMILES string of the molecule is Cc1cccc(N(CCCN2CCCC2(C)C)C(=O)[C@@H]2CCCN2c2cc(C(F)(F)F)cc(C)n2)c1. The molecule has 0 aliphatic carbocycles. The third-order valence-corrected chi connectivity index (χ3v) is 7.56.